The maximum absolute atomic E-state index is 14.9. The Kier molecular flexibility index (Phi) is 4.86. The molecule has 0 saturated carbocycles. The van der Waals surface area contributed by atoms with E-state index >= 15 is 0 Å². The Morgan fingerprint density at radius 3 is 2.72 bits per heavy atom. The Hall–Kier alpha value is -2.65. The monoisotopic (exact) mass is 424 g/mol. The van der Waals surface area contributed by atoms with Crippen LogP contribution in [0, 0.1) is 5.82 Å². The number of rotatable bonds is 4. The summed E-state index contributed by atoms with van der Waals surface area (Å²) in [5, 5.41) is 10.7. The van der Waals surface area contributed by atoms with E-state index in [0.29, 0.717) is 16.3 Å². The summed E-state index contributed by atoms with van der Waals surface area (Å²) >= 11 is 9.52. The molecule has 25 heavy (non-hydrogen) atoms. The maximum Gasteiger partial charge on any atom is 0.313 e. The summed E-state index contributed by atoms with van der Waals surface area (Å²) in [6.07, 6.45) is 0.999. The number of benzene rings is 2. The fraction of sp³-hybridized carbons (Fsp3) is 0. The number of anilines is 3. The Bertz CT molecular complexity index is 961. The van der Waals surface area contributed by atoms with Crippen molar-refractivity contribution in [3.63, 3.8) is 0 Å². The Morgan fingerprint density at radius 1 is 1.28 bits per heavy atom. The van der Waals surface area contributed by atoms with Crippen molar-refractivity contribution in [3.8, 4) is 11.5 Å². The number of aromatic nitrogens is 2. The van der Waals surface area contributed by atoms with E-state index in [1.165, 1.54) is 6.07 Å². The predicted molar refractivity (Wildman–Crippen MR) is 98.9 cm³/mol. The van der Waals surface area contributed by atoms with Gasteiger partial charge in [0.2, 0.25) is 0 Å². The summed E-state index contributed by atoms with van der Waals surface area (Å²) in [5.74, 6) is -0.606. The lowest BCUT2D eigenvalue weighted by molar-refractivity contribution is 0.588. The van der Waals surface area contributed by atoms with Gasteiger partial charge in [0.25, 0.3) is 5.89 Å². The van der Waals surface area contributed by atoms with Crippen LogP contribution >= 0.6 is 27.5 Å². The summed E-state index contributed by atoms with van der Waals surface area (Å²) in [7, 11) is 0. The molecule has 0 unspecified atom stereocenters. The molecule has 5 N–H and O–H groups in total. The number of nitrogens with zero attached hydrogens (tertiary/aromatic N) is 3. The van der Waals surface area contributed by atoms with Crippen molar-refractivity contribution in [2.45, 2.75) is 0 Å². The van der Waals surface area contributed by atoms with E-state index in [2.05, 4.69) is 36.4 Å². The third-order valence-electron chi connectivity index (χ3n) is 3.20. The molecule has 3 rings (SSSR count). The van der Waals surface area contributed by atoms with Crippen LogP contribution in [0.1, 0.15) is 0 Å². The van der Waals surface area contributed by atoms with Gasteiger partial charge in [-0.25, -0.2) is 9.38 Å². The molecule has 2 aromatic carbocycles. The minimum atomic E-state index is -0.657. The number of hydrogen-bond donors (Lipinski definition) is 3. The molecule has 3 aromatic rings. The first-order valence-electron chi connectivity index (χ1n) is 6.87. The normalized spacial score (nSPS) is 11.2. The number of nitrogen functional groups attached to an aromatic ring is 1. The number of nitrogens with two attached hydrogens (primary N) is 2. The molecule has 0 aliphatic rings. The van der Waals surface area contributed by atoms with Crippen LogP contribution in [-0.4, -0.2) is 16.5 Å². The molecule has 0 aliphatic heterocycles. The third kappa shape index (κ3) is 3.57. The van der Waals surface area contributed by atoms with E-state index in [0.717, 1.165) is 10.8 Å². The van der Waals surface area contributed by atoms with Crippen molar-refractivity contribution in [2.75, 3.05) is 11.1 Å². The van der Waals surface area contributed by atoms with Crippen LogP contribution in [0.25, 0.3) is 11.5 Å². The van der Waals surface area contributed by atoms with Crippen LogP contribution in [0.2, 0.25) is 5.02 Å². The molecule has 0 radical (unpaired) electrons. The average Bonchev–Trinajstić information content (AvgIpc) is 3.00. The van der Waals surface area contributed by atoms with Crippen molar-refractivity contribution < 1.29 is 8.81 Å². The summed E-state index contributed by atoms with van der Waals surface area (Å²) in [4.78, 5) is 3.79. The second-order valence-corrected chi connectivity index (χ2v) is 6.12. The van der Waals surface area contributed by atoms with Gasteiger partial charge in [0.05, 0.1) is 28.3 Å². The molecular formula is C15H11BrClFN6O. The van der Waals surface area contributed by atoms with Gasteiger partial charge in [0.15, 0.2) is 5.82 Å². The van der Waals surface area contributed by atoms with Gasteiger partial charge < -0.3 is 21.2 Å². The Labute approximate surface area is 155 Å². The Balaban J connectivity index is 2.15. The van der Waals surface area contributed by atoms with Crippen LogP contribution in [0.4, 0.5) is 27.5 Å². The number of hydrogen-bond acceptors (Lipinski definition) is 6. The molecule has 0 aliphatic carbocycles. The van der Waals surface area contributed by atoms with Crippen LogP contribution < -0.4 is 16.8 Å². The quantitative estimate of drug-likeness (QED) is 0.425. The maximum atomic E-state index is 14.9. The SMILES string of the molecule is NC=Nc1ccc(-c2nnc(N)o2)c(Nc2ccc(Br)cc2Cl)c1F. The van der Waals surface area contributed by atoms with E-state index in [-0.39, 0.29) is 23.3 Å². The van der Waals surface area contributed by atoms with Crippen LogP contribution in [0.15, 0.2) is 44.2 Å². The largest absolute Gasteiger partial charge is 0.403 e. The molecule has 10 heteroatoms. The van der Waals surface area contributed by atoms with Gasteiger partial charge in [0, 0.05) is 4.47 Å². The second kappa shape index (κ2) is 7.08. The lowest BCUT2D eigenvalue weighted by atomic mass is 10.1. The molecule has 0 saturated heterocycles. The van der Waals surface area contributed by atoms with Gasteiger partial charge in [0.1, 0.15) is 5.69 Å². The van der Waals surface area contributed by atoms with E-state index < -0.39 is 5.82 Å². The molecule has 0 fully saturated rings. The van der Waals surface area contributed by atoms with E-state index in [1.807, 2.05) is 0 Å². The van der Waals surface area contributed by atoms with E-state index in [9.17, 15) is 4.39 Å². The highest BCUT2D eigenvalue weighted by atomic mass is 79.9. The number of aliphatic imine (C=N–C) groups is 1. The van der Waals surface area contributed by atoms with Crippen LogP contribution in [-0.2, 0) is 0 Å². The summed E-state index contributed by atoms with van der Waals surface area (Å²) in [5.41, 5.74) is 11.6. The average molecular weight is 426 g/mol. The zero-order chi connectivity index (χ0) is 18.0. The van der Waals surface area contributed by atoms with Crippen molar-refractivity contribution in [1.29, 1.82) is 0 Å². The number of halogens is 3. The molecule has 1 heterocycles. The van der Waals surface area contributed by atoms with Gasteiger partial charge >= 0.3 is 6.01 Å². The van der Waals surface area contributed by atoms with Crippen LogP contribution in [0.5, 0.6) is 0 Å². The van der Waals surface area contributed by atoms with Crippen molar-refractivity contribution in [3.05, 3.63) is 45.6 Å². The zero-order valence-electron chi connectivity index (χ0n) is 12.5. The van der Waals surface area contributed by atoms with Crippen LogP contribution in [0.3, 0.4) is 0 Å². The fourth-order valence-electron chi connectivity index (χ4n) is 2.11. The highest BCUT2D eigenvalue weighted by Gasteiger charge is 2.19. The molecule has 0 atom stereocenters. The van der Waals surface area contributed by atoms with Gasteiger partial charge in [-0.1, -0.05) is 32.6 Å². The highest BCUT2D eigenvalue weighted by Crippen LogP contribution is 2.38. The van der Waals surface area contributed by atoms with Crippen molar-refractivity contribution in [1.82, 2.24) is 10.2 Å². The summed E-state index contributed by atoms with van der Waals surface area (Å²) in [6.45, 7) is 0. The number of nitrogens with one attached hydrogen (secondary N) is 1. The molecule has 7 nitrogen and oxygen atoms in total. The van der Waals surface area contributed by atoms with Crippen molar-refractivity contribution in [2.24, 2.45) is 10.7 Å². The van der Waals surface area contributed by atoms with Crippen molar-refractivity contribution >= 4 is 56.9 Å². The first-order valence-corrected chi connectivity index (χ1v) is 8.05. The van der Waals surface area contributed by atoms with Gasteiger partial charge in [-0.15, -0.1) is 5.10 Å². The predicted octanol–water partition coefficient (Wildman–Crippen LogP) is 4.24. The van der Waals surface area contributed by atoms with Gasteiger partial charge in [-0.05, 0) is 30.3 Å². The molecular weight excluding hydrogens is 415 g/mol. The molecule has 128 valence electrons. The minimum absolute atomic E-state index is 0.0365. The second-order valence-electron chi connectivity index (χ2n) is 4.79. The first-order chi connectivity index (χ1) is 12.0. The smallest absolute Gasteiger partial charge is 0.313 e. The van der Waals surface area contributed by atoms with E-state index in [1.54, 1.807) is 24.3 Å². The first kappa shape index (κ1) is 17.2. The lowest BCUT2D eigenvalue weighted by Gasteiger charge is -2.14. The topological polar surface area (TPSA) is 115 Å². The molecule has 1 aromatic heterocycles. The third-order valence-corrected chi connectivity index (χ3v) is 4.00. The molecule has 0 spiro atoms. The standard InChI is InChI=1S/C15H11BrClFN6O/c16-7-1-3-10(9(17)5-7)22-13-8(14-23-24-15(20)25-14)2-4-11(12(13)18)21-6-19/h1-6,22H,(H2,19,21)(H2,20,24). The van der Waals surface area contributed by atoms with E-state index in [4.69, 9.17) is 27.5 Å². The summed E-state index contributed by atoms with van der Waals surface area (Å²) < 4.78 is 20.9. The minimum Gasteiger partial charge on any atom is -0.403 e. The Morgan fingerprint density at radius 2 is 2.08 bits per heavy atom. The lowest BCUT2D eigenvalue weighted by Crippen LogP contribution is -1.99. The molecule has 0 bridgehead atoms. The van der Waals surface area contributed by atoms with Gasteiger partial charge in [-0.3, -0.25) is 0 Å². The molecule has 0 amide bonds. The summed E-state index contributed by atoms with van der Waals surface area (Å²) in [6, 6.07) is 7.99. The highest BCUT2D eigenvalue weighted by molar-refractivity contribution is 9.10. The fourth-order valence-corrected chi connectivity index (χ4v) is 2.84. The van der Waals surface area contributed by atoms with Gasteiger partial charge in [-0.2, -0.15) is 0 Å². The zero-order valence-corrected chi connectivity index (χ0v) is 14.8.